The molecule has 0 bridgehead atoms. The number of fused-ring (bicyclic) bond motifs is 1. The Hall–Kier alpha value is -3.13. The summed E-state index contributed by atoms with van der Waals surface area (Å²) in [5, 5.41) is 3.73. The van der Waals surface area contributed by atoms with Crippen molar-refractivity contribution in [3.63, 3.8) is 0 Å². The van der Waals surface area contributed by atoms with E-state index in [0.29, 0.717) is 23.5 Å². The van der Waals surface area contributed by atoms with Gasteiger partial charge in [-0.1, -0.05) is 6.08 Å². The van der Waals surface area contributed by atoms with Gasteiger partial charge in [-0.3, -0.25) is 9.48 Å². The Bertz CT molecular complexity index is 1040. The van der Waals surface area contributed by atoms with Crippen LogP contribution in [-0.2, 0) is 13.6 Å². The average Bonchev–Trinajstić information content (AvgIpc) is 2.94. The van der Waals surface area contributed by atoms with Gasteiger partial charge in [-0.2, -0.15) is 4.98 Å². The van der Waals surface area contributed by atoms with Crippen LogP contribution in [0, 0.1) is 0 Å². The minimum atomic E-state index is -0.111. The van der Waals surface area contributed by atoms with Crippen LogP contribution in [0.3, 0.4) is 0 Å². The lowest BCUT2D eigenvalue weighted by Crippen LogP contribution is -2.44. The summed E-state index contributed by atoms with van der Waals surface area (Å²) in [6, 6.07) is 8.29. The van der Waals surface area contributed by atoms with E-state index in [1.54, 1.807) is 21.6 Å². The molecular formula is C20H25N7O. The maximum Gasteiger partial charge on any atom is 0.278 e. The SMILES string of the molecule is C=CCn1c(=O)c2cnc(Nc3ccc(N4CCN(C)CC4)cc3)nc2n1C. The van der Waals surface area contributed by atoms with Gasteiger partial charge < -0.3 is 15.1 Å². The van der Waals surface area contributed by atoms with Crippen LogP contribution in [0.1, 0.15) is 0 Å². The van der Waals surface area contributed by atoms with Crippen molar-refractivity contribution in [1.82, 2.24) is 24.2 Å². The van der Waals surface area contributed by atoms with Crippen molar-refractivity contribution in [1.29, 1.82) is 0 Å². The molecule has 1 fully saturated rings. The van der Waals surface area contributed by atoms with E-state index < -0.39 is 0 Å². The summed E-state index contributed by atoms with van der Waals surface area (Å²) < 4.78 is 3.32. The van der Waals surface area contributed by atoms with Crippen LogP contribution in [0.4, 0.5) is 17.3 Å². The van der Waals surface area contributed by atoms with Crippen LogP contribution in [0.15, 0.2) is 47.9 Å². The molecule has 146 valence electrons. The third-order valence-corrected chi connectivity index (χ3v) is 5.20. The van der Waals surface area contributed by atoms with Crippen molar-refractivity contribution in [3.05, 3.63) is 53.5 Å². The van der Waals surface area contributed by atoms with Gasteiger partial charge in [0.25, 0.3) is 5.56 Å². The van der Waals surface area contributed by atoms with Gasteiger partial charge in [0.05, 0.1) is 6.54 Å². The predicted octanol–water partition coefficient (Wildman–Crippen LogP) is 1.81. The number of hydrogen-bond acceptors (Lipinski definition) is 6. The average molecular weight is 379 g/mol. The first-order valence-corrected chi connectivity index (χ1v) is 9.41. The Morgan fingerprint density at radius 2 is 1.86 bits per heavy atom. The summed E-state index contributed by atoms with van der Waals surface area (Å²) in [7, 11) is 3.97. The molecule has 0 radical (unpaired) electrons. The lowest BCUT2D eigenvalue weighted by Gasteiger charge is -2.34. The summed E-state index contributed by atoms with van der Waals surface area (Å²) in [6.07, 6.45) is 3.26. The maximum atomic E-state index is 12.4. The van der Waals surface area contributed by atoms with Gasteiger partial charge in [-0.05, 0) is 31.3 Å². The van der Waals surface area contributed by atoms with Crippen molar-refractivity contribution in [3.8, 4) is 0 Å². The number of allylic oxidation sites excluding steroid dienone is 1. The third kappa shape index (κ3) is 3.38. The smallest absolute Gasteiger partial charge is 0.278 e. The summed E-state index contributed by atoms with van der Waals surface area (Å²) >= 11 is 0. The topological polar surface area (TPSA) is 71.2 Å². The van der Waals surface area contributed by atoms with Gasteiger partial charge in [-0.25, -0.2) is 9.67 Å². The molecule has 3 heterocycles. The number of likely N-dealkylation sites (N-methyl/N-ethyl adjacent to an activating group) is 1. The number of rotatable bonds is 5. The second kappa shape index (κ2) is 7.47. The van der Waals surface area contributed by atoms with Gasteiger partial charge in [0, 0.05) is 50.8 Å². The molecule has 1 aromatic carbocycles. The van der Waals surface area contributed by atoms with Gasteiger partial charge in [0.1, 0.15) is 5.39 Å². The summed E-state index contributed by atoms with van der Waals surface area (Å²) in [6.45, 7) is 8.38. The first-order valence-electron chi connectivity index (χ1n) is 9.41. The number of anilines is 3. The van der Waals surface area contributed by atoms with Gasteiger partial charge in [-0.15, -0.1) is 6.58 Å². The molecule has 0 saturated carbocycles. The molecule has 0 spiro atoms. The Balaban J connectivity index is 1.54. The number of nitrogens with zero attached hydrogens (tertiary/aromatic N) is 6. The van der Waals surface area contributed by atoms with Gasteiger partial charge >= 0.3 is 0 Å². The normalized spacial score (nSPS) is 15.1. The van der Waals surface area contributed by atoms with Crippen molar-refractivity contribution in [2.24, 2.45) is 7.05 Å². The standard InChI is InChI=1S/C20H25N7O/c1-4-9-27-19(28)17-14-21-20(23-18(17)25(27)3)22-15-5-7-16(8-6-15)26-12-10-24(2)11-13-26/h4-8,14H,1,9-13H2,2-3H3,(H,21,22,23). The lowest BCUT2D eigenvalue weighted by molar-refractivity contribution is 0.313. The van der Waals surface area contributed by atoms with E-state index in [2.05, 4.69) is 50.8 Å². The molecule has 1 aliphatic heterocycles. The molecule has 0 atom stereocenters. The first kappa shape index (κ1) is 18.2. The molecule has 28 heavy (non-hydrogen) atoms. The largest absolute Gasteiger partial charge is 0.369 e. The van der Waals surface area contributed by atoms with Crippen LogP contribution >= 0.6 is 0 Å². The molecule has 3 aromatic rings. The number of aryl methyl sites for hydroxylation is 1. The number of piperazine rings is 1. The van der Waals surface area contributed by atoms with E-state index >= 15 is 0 Å². The van der Waals surface area contributed by atoms with Gasteiger partial charge in [0.2, 0.25) is 5.95 Å². The Morgan fingerprint density at radius 1 is 1.14 bits per heavy atom. The summed E-state index contributed by atoms with van der Waals surface area (Å²) in [5.74, 6) is 0.464. The van der Waals surface area contributed by atoms with Crippen molar-refractivity contribution in [2.45, 2.75) is 6.54 Å². The monoisotopic (exact) mass is 379 g/mol. The van der Waals surface area contributed by atoms with Crippen molar-refractivity contribution in [2.75, 3.05) is 43.4 Å². The number of hydrogen-bond donors (Lipinski definition) is 1. The molecule has 8 heteroatoms. The zero-order valence-corrected chi connectivity index (χ0v) is 16.3. The fourth-order valence-electron chi connectivity index (χ4n) is 3.50. The molecule has 2 aromatic heterocycles. The van der Waals surface area contributed by atoms with E-state index in [1.807, 2.05) is 19.2 Å². The van der Waals surface area contributed by atoms with Crippen LogP contribution in [0.5, 0.6) is 0 Å². The molecule has 0 unspecified atom stereocenters. The second-order valence-electron chi connectivity index (χ2n) is 7.09. The molecular weight excluding hydrogens is 354 g/mol. The minimum absolute atomic E-state index is 0.111. The maximum absolute atomic E-state index is 12.4. The predicted molar refractivity (Wildman–Crippen MR) is 112 cm³/mol. The zero-order valence-electron chi connectivity index (χ0n) is 16.3. The van der Waals surface area contributed by atoms with E-state index in [1.165, 1.54) is 5.69 Å². The second-order valence-corrected chi connectivity index (χ2v) is 7.09. The highest BCUT2D eigenvalue weighted by atomic mass is 16.1. The molecule has 1 saturated heterocycles. The summed E-state index contributed by atoms with van der Waals surface area (Å²) in [5.41, 5.74) is 2.62. The number of aromatic nitrogens is 4. The Morgan fingerprint density at radius 3 is 2.54 bits per heavy atom. The summed E-state index contributed by atoms with van der Waals surface area (Å²) in [4.78, 5) is 26.0. The van der Waals surface area contributed by atoms with Crippen LogP contribution in [0.25, 0.3) is 11.0 Å². The minimum Gasteiger partial charge on any atom is -0.369 e. The highest BCUT2D eigenvalue weighted by Crippen LogP contribution is 2.21. The van der Waals surface area contributed by atoms with E-state index in [4.69, 9.17) is 0 Å². The Labute approximate surface area is 163 Å². The highest BCUT2D eigenvalue weighted by Gasteiger charge is 2.15. The van der Waals surface area contributed by atoms with Gasteiger partial charge in [0.15, 0.2) is 5.65 Å². The molecule has 4 rings (SSSR count). The Kier molecular flexibility index (Phi) is 4.87. The molecule has 1 N–H and O–H groups in total. The molecule has 0 amide bonds. The van der Waals surface area contributed by atoms with E-state index in [9.17, 15) is 4.79 Å². The first-order chi connectivity index (χ1) is 13.6. The van der Waals surface area contributed by atoms with Crippen LogP contribution < -0.4 is 15.8 Å². The van der Waals surface area contributed by atoms with E-state index in [0.717, 1.165) is 31.9 Å². The molecule has 0 aliphatic carbocycles. The third-order valence-electron chi connectivity index (χ3n) is 5.20. The highest BCUT2D eigenvalue weighted by molar-refractivity contribution is 5.75. The lowest BCUT2D eigenvalue weighted by atomic mass is 10.2. The van der Waals surface area contributed by atoms with Crippen LogP contribution in [0.2, 0.25) is 0 Å². The fraction of sp³-hybridized carbons (Fsp3) is 0.350. The number of nitrogens with one attached hydrogen (secondary N) is 1. The molecule has 8 nitrogen and oxygen atoms in total. The van der Waals surface area contributed by atoms with Crippen LogP contribution in [-0.4, -0.2) is 57.5 Å². The van der Waals surface area contributed by atoms with E-state index in [-0.39, 0.29) is 5.56 Å². The quantitative estimate of drug-likeness (QED) is 0.682. The van der Waals surface area contributed by atoms with Crippen molar-refractivity contribution < 1.29 is 0 Å². The van der Waals surface area contributed by atoms with Crippen molar-refractivity contribution >= 4 is 28.4 Å². The number of benzene rings is 1. The molecule has 1 aliphatic rings. The zero-order chi connectivity index (χ0) is 19.7. The fourth-order valence-corrected chi connectivity index (χ4v) is 3.50.